The van der Waals surface area contributed by atoms with Gasteiger partial charge in [-0.15, -0.1) is 0 Å². The van der Waals surface area contributed by atoms with Gasteiger partial charge in [-0.3, -0.25) is 19.2 Å². The Morgan fingerprint density at radius 1 is 1.10 bits per heavy atom. The summed E-state index contributed by atoms with van der Waals surface area (Å²) < 4.78 is 29.2. The largest absolute Gasteiger partial charge is 0.472 e. The van der Waals surface area contributed by atoms with Gasteiger partial charge in [-0.05, 0) is 35.6 Å². The first-order chi connectivity index (χ1) is 18.7. The molecule has 3 aliphatic carbocycles. The predicted octanol–water partition coefficient (Wildman–Crippen LogP) is 4.31. The molecule has 0 amide bonds. The molecule has 5 rings (SSSR count). The summed E-state index contributed by atoms with van der Waals surface area (Å²) in [7, 11) is 1.31. The summed E-state index contributed by atoms with van der Waals surface area (Å²) in [4.78, 5) is 51.2. The Hall–Kier alpha value is -3.20. The zero-order valence-corrected chi connectivity index (χ0v) is 24.1. The molecule has 1 aromatic rings. The van der Waals surface area contributed by atoms with Crippen LogP contribution >= 0.6 is 0 Å². The highest BCUT2D eigenvalue weighted by molar-refractivity contribution is 5.96. The average Bonchev–Trinajstić information content (AvgIpc) is 3.22. The summed E-state index contributed by atoms with van der Waals surface area (Å²) in [6.07, 6.45) is 5.12. The van der Waals surface area contributed by atoms with Gasteiger partial charge < -0.3 is 23.4 Å². The first-order valence-corrected chi connectivity index (χ1v) is 13.7. The fourth-order valence-corrected chi connectivity index (χ4v) is 8.53. The molecule has 1 aliphatic heterocycles. The van der Waals surface area contributed by atoms with Gasteiger partial charge in [0.2, 0.25) is 0 Å². The number of methoxy groups -OCH3 is 1. The molecule has 1 spiro atoms. The summed E-state index contributed by atoms with van der Waals surface area (Å²) in [5.41, 5.74) is -1.98. The monoisotopic (exact) mass is 554 g/mol. The summed E-state index contributed by atoms with van der Waals surface area (Å²) in [5, 5.41) is 0. The van der Waals surface area contributed by atoms with Crippen LogP contribution in [0.3, 0.4) is 0 Å². The van der Waals surface area contributed by atoms with Gasteiger partial charge in [0.1, 0.15) is 17.8 Å². The molecule has 3 fully saturated rings. The van der Waals surface area contributed by atoms with Crippen LogP contribution in [0.15, 0.2) is 47.3 Å². The summed E-state index contributed by atoms with van der Waals surface area (Å²) >= 11 is 0. The van der Waals surface area contributed by atoms with Crippen LogP contribution in [0.2, 0.25) is 0 Å². The second-order valence-corrected chi connectivity index (χ2v) is 12.7. The van der Waals surface area contributed by atoms with Crippen molar-refractivity contribution in [3.63, 3.8) is 0 Å². The van der Waals surface area contributed by atoms with Crippen molar-refractivity contribution in [1.29, 1.82) is 0 Å². The summed E-state index contributed by atoms with van der Waals surface area (Å²) in [5.74, 6) is -2.99. The Morgan fingerprint density at radius 2 is 1.77 bits per heavy atom. The van der Waals surface area contributed by atoms with E-state index in [0.29, 0.717) is 12.0 Å². The summed E-state index contributed by atoms with van der Waals surface area (Å²) in [6.45, 7) is 14.8. The first kappa shape index (κ1) is 28.3. The normalized spacial score (nSPS) is 41.1. The second kappa shape index (κ2) is 9.16. The maximum atomic E-state index is 13.1. The van der Waals surface area contributed by atoms with E-state index in [2.05, 4.69) is 6.58 Å². The van der Waals surface area contributed by atoms with Crippen LogP contribution in [-0.2, 0) is 38.1 Å². The van der Waals surface area contributed by atoms with Crippen LogP contribution in [0.25, 0.3) is 0 Å². The fraction of sp³-hybridized carbons (Fsp3) is 0.613. The quantitative estimate of drug-likeness (QED) is 0.219. The minimum absolute atomic E-state index is 0.0446. The van der Waals surface area contributed by atoms with E-state index < -0.39 is 63.8 Å². The van der Waals surface area contributed by atoms with Crippen LogP contribution in [0.1, 0.15) is 65.9 Å². The number of furan rings is 1. The Balaban J connectivity index is 1.73. The number of epoxide rings is 1. The average molecular weight is 555 g/mol. The molecule has 2 saturated carbocycles. The molecule has 0 aromatic carbocycles. The maximum Gasteiger partial charge on any atom is 0.305 e. The number of ketones is 1. The van der Waals surface area contributed by atoms with Gasteiger partial charge in [0.15, 0.2) is 5.78 Å². The zero-order valence-electron chi connectivity index (χ0n) is 24.1. The lowest BCUT2D eigenvalue weighted by Gasteiger charge is -2.59. The molecular formula is C31H38O9. The molecule has 9 atom stereocenters. The number of hydrogen-bond donors (Lipinski definition) is 0. The van der Waals surface area contributed by atoms with Crippen molar-refractivity contribution >= 4 is 23.7 Å². The van der Waals surface area contributed by atoms with Crippen LogP contribution in [-0.4, -0.2) is 54.7 Å². The molecule has 1 unspecified atom stereocenters. The first-order valence-electron chi connectivity index (χ1n) is 13.7. The minimum atomic E-state index is -0.972. The van der Waals surface area contributed by atoms with Gasteiger partial charge in [0.05, 0.1) is 37.6 Å². The van der Waals surface area contributed by atoms with Gasteiger partial charge in [-0.1, -0.05) is 40.3 Å². The molecule has 2 heterocycles. The Labute approximate surface area is 234 Å². The van der Waals surface area contributed by atoms with E-state index in [1.54, 1.807) is 18.6 Å². The van der Waals surface area contributed by atoms with E-state index >= 15 is 0 Å². The highest BCUT2D eigenvalue weighted by Gasteiger charge is 2.84. The molecule has 1 saturated heterocycles. The zero-order chi connectivity index (χ0) is 29.4. The van der Waals surface area contributed by atoms with Gasteiger partial charge in [0.25, 0.3) is 0 Å². The molecule has 4 aliphatic rings. The highest BCUT2D eigenvalue weighted by atomic mass is 16.6. The number of allylic oxidation sites excluding steroid dienone is 2. The third-order valence-electron chi connectivity index (χ3n) is 10.4. The lowest BCUT2D eigenvalue weighted by Crippen LogP contribution is -2.66. The van der Waals surface area contributed by atoms with Crippen molar-refractivity contribution in [2.24, 2.45) is 28.1 Å². The van der Waals surface area contributed by atoms with Gasteiger partial charge >= 0.3 is 17.9 Å². The minimum Gasteiger partial charge on any atom is -0.472 e. The van der Waals surface area contributed by atoms with Crippen LogP contribution in [0.4, 0.5) is 0 Å². The SMILES string of the molecule is C=C1[C@@H]([C@@]2(C)C=CC(=O)C(C)(C)[C@@H]2CC(=O)OC)[C@H](OC(C)=O)C(OC(C)=O)[C@@]2(C)[C@H](c3ccoc3)C[C@H]3O[C@]132. The van der Waals surface area contributed by atoms with Crippen molar-refractivity contribution < 1.29 is 42.5 Å². The topological polar surface area (TPSA) is 122 Å². The molecular weight excluding hydrogens is 516 g/mol. The third-order valence-corrected chi connectivity index (χ3v) is 10.4. The van der Waals surface area contributed by atoms with E-state index in [9.17, 15) is 19.2 Å². The van der Waals surface area contributed by atoms with Crippen molar-refractivity contribution in [1.82, 2.24) is 0 Å². The molecule has 40 heavy (non-hydrogen) atoms. The number of ether oxygens (including phenoxy) is 4. The van der Waals surface area contributed by atoms with Crippen molar-refractivity contribution in [3.05, 3.63) is 48.5 Å². The molecule has 0 radical (unpaired) electrons. The molecule has 9 nitrogen and oxygen atoms in total. The van der Waals surface area contributed by atoms with Crippen molar-refractivity contribution in [2.45, 2.75) is 84.2 Å². The standard InChI is InChI=1S/C31H38O9/c1-16-25(29(6)11-9-22(34)28(4,5)21(29)14-24(35)36-8)26(38-17(2)32)27(39-18(3)33)30(7)20(19-10-12-37-15-19)13-23-31(16,30)40-23/h9-12,15,20-21,23,25-27H,1,13-14H2,2-8H3/t20-,21-,23+,25+,26-,27?,29-,30+,31+/m0/s1. The number of rotatable bonds is 6. The Morgan fingerprint density at radius 3 is 2.35 bits per heavy atom. The third kappa shape index (κ3) is 3.69. The van der Waals surface area contributed by atoms with Crippen molar-refractivity contribution in [2.75, 3.05) is 7.11 Å². The lowest BCUT2D eigenvalue weighted by molar-refractivity contribution is -0.206. The van der Waals surface area contributed by atoms with Crippen LogP contribution in [0.5, 0.6) is 0 Å². The lowest BCUT2D eigenvalue weighted by atomic mass is 9.46. The van der Waals surface area contributed by atoms with Gasteiger partial charge in [-0.2, -0.15) is 0 Å². The van der Waals surface area contributed by atoms with E-state index in [-0.39, 0.29) is 24.2 Å². The maximum absolute atomic E-state index is 13.1. The number of hydrogen-bond acceptors (Lipinski definition) is 9. The van der Waals surface area contributed by atoms with Gasteiger partial charge in [-0.25, -0.2) is 0 Å². The number of carbonyl (C=O) groups is 4. The fourth-order valence-electron chi connectivity index (χ4n) is 8.53. The Bertz CT molecular complexity index is 1290. The highest BCUT2D eigenvalue weighted by Crippen LogP contribution is 2.76. The predicted molar refractivity (Wildman–Crippen MR) is 142 cm³/mol. The van der Waals surface area contributed by atoms with Gasteiger partial charge in [0, 0.05) is 36.5 Å². The second-order valence-electron chi connectivity index (χ2n) is 12.7. The smallest absolute Gasteiger partial charge is 0.305 e. The Kier molecular flexibility index (Phi) is 6.49. The van der Waals surface area contributed by atoms with Crippen molar-refractivity contribution in [3.8, 4) is 0 Å². The van der Waals surface area contributed by atoms with E-state index in [1.165, 1.54) is 27.0 Å². The molecule has 216 valence electrons. The number of carbonyl (C=O) groups excluding carboxylic acids is 4. The number of esters is 3. The van der Waals surface area contributed by atoms with E-state index in [4.69, 9.17) is 23.4 Å². The molecule has 0 bridgehead atoms. The molecule has 1 aromatic heterocycles. The van der Waals surface area contributed by atoms with Crippen LogP contribution < -0.4 is 0 Å². The molecule has 9 heteroatoms. The van der Waals surface area contributed by atoms with E-state index in [1.807, 2.05) is 33.8 Å². The summed E-state index contributed by atoms with van der Waals surface area (Å²) in [6, 6.07) is 1.89. The van der Waals surface area contributed by atoms with Crippen LogP contribution in [0, 0.1) is 28.1 Å². The van der Waals surface area contributed by atoms with E-state index in [0.717, 1.165) is 5.56 Å². The molecule has 0 N–H and O–H groups in total.